The first kappa shape index (κ1) is 25.1. The van der Waals surface area contributed by atoms with Crippen LogP contribution in [0, 0.1) is 11.8 Å². The van der Waals surface area contributed by atoms with E-state index in [9.17, 15) is 0 Å². The molecule has 44 heavy (non-hydrogen) atoms. The van der Waals surface area contributed by atoms with Crippen molar-refractivity contribution in [2.24, 2.45) is 11.8 Å². The molecule has 0 aromatic heterocycles. The SMILES string of the molecule is C1=CC2C=C(c3c4ccccc4c(-c4ccc5ccccc5c4)c4ccccc34)C=CC2C=C1c1cccc2ccccc12. The largest absolute Gasteiger partial charge is 0.0761 e. The molecule has 0 fully saturated rings. The van der Waals surface area contributed by atoms with Gasteiger partial charge in [-0.3, -0.25) is 0 Å². The lowest BCUT2D eigenvalue weighted by Gasteiger charge is -2.27. The number of benzene rings is 7. The van der Waals surface area contributed by atoms with Crippen molar-refractivity contribution in [3.05, 3.63) is 181 Å². The predicted molar refractivity (Wildman–Crippen MR) is 190 cm³/mol. The van der Waals surface area contributed by atoms with Crippen molar-refractivity contribution in [2.45, 2.75) is 0 Å². The molecule has 0 amide bonds. The Bertz CT molecular complexity index is 2330. The van der Waals surface area contributed by atoms with Crippen LogP contribution in [0.2, 0.25) is 0 Å². The predicted octanol–water partition coefficient (Wildman–Crippen LogP) is 11.8. The Morgan fingerprint density at radius 1 is 0.364 bits per heavy atom. The summed E-state index contributed by atoms with van der Waals surface area (Å²) in [6.07, 6.45) is 14.4. The molecular formula is C44H30. The molecule has 2 atom stereocenters. The zero-order chi connectivity index (χ0) is 29.0. The summed E-state index contributed by atoms with van der Waals surface area (Å²) in [4.78, 5) is 0. The van der Waals surface area contributed by atoms with E-state index in [2.05, 4.69) is 170 Å². The van der Waals surface area contributed by atoms with Gasteiger partial charge in [-0.2, -0.15) is 0 Å². The Balaban J connectivity index is 1.18. The maximum absolute atomic E-state index is 2.49. The molecule has 206 valence electrons. The van der Waals surface area contributed by atoms with Gasteiger partial charge in [0.2, 0.25) is 0 Å². The molecule has 0 heteroatoms. The molecule has 9 rings (SSSR count). The van der Waals surface area contributed by atoms with E-state index in [1.807, 2.05) is 0 Å². The summed E-state index contributed by atoms with van der Waals surface area (Å²) in [5.41, 5.74) is 7.81. The molecule has 2 unspecified atom stereocenters. The fraction of sp³-hybridized carbons (Fsp3) is 0.0455. The van der Waals surface area contributed by atoms with Gasteiger partial charge in [0.1, 0.15) is 0 Å². The van der Waals surface area contributed by atoms with E-state index in [1.165, 1.54) is 76.5 Å². The molecule has 0 radical (unpaired) electrons. The van der Waals surface area contributed by atoms with Crippen LogP contribution in [0.4, 0.5) is 0 Å². The third-order valence-corrected chi connectivity index (χ3v) is 9.54. The van der Waals surface area contributed by atoms with Crippen molar-refractivity contribution in [1.29, 1.82) is 0 Å². The molecule has 0 saturated carbocycles. The molecule has 0 N–H and O–H groups in total. The second kappa shape index (κ2) is 10.1. The van der Waals surface area contributed by atoms with Crippen molar-refractivity contribution in [3.63, 3.8) is 0 Å². The molecule has 0 saturated heterocycles. The Hall–Kier alpha value is -5.46. The van der Waals surface area contributed by atoms with Gasteiger partial charge in [-0.1, -0.05) is 164 Å². The van der Waals surface area contributed by atoms with Gasteiger partial charge in [-0.05, 0) is 82.6 Å². The molecule has 0 bridgehead atoms. The van der Waals surface area contributed by atoms with Crippen molar-refractivity contribution in [2.75, 3.05) is 0 Å². The van der Waals surface area contributed by atoms with Crippen molar-refractivity contribution in [1.82, 2.24) is 0 Å². The highest BCUT2D eigenvalue weighted by Gasteiger charge is 2.24. The lowest BCUT2D eigenvalue weighted by molar-refractivity contribution is 0.665. The summed E-state index contributed by atoms with van der Waals surface area (Å²) in [7, 11) is 0. The summed E-state index contributed by atoms with van der Waals surface area (Å²) >= 11 is 0. The van der Waals surface area contributed by atoms with Crippen molar-refractivity contribution >= 4 is 54.2 Å². The summed E-state index contributed by atoms with van der Waals surface area (Å²) in [6.45, 7) is 0. The van der Waals surface area contributed by atoms with Crippen LogP contribution in [0.15, 0.2) is 170 Å². The quantitative estimate of drug-likeness (QED) is 0.189. The summed E-state index contributed by atoms with van der Waals surface area (Å²) in [6, 6.07) is 48.7. The number of hydrogen-bond acceptors (Lipinski definition) is 0. The van der Waals surface area contributed by atoms with E-state index in [-0.39, 0.29) is 0 Å². The second-order valence-electron chi connectivity index (χ2n) is 12.0. The zero-order valence-electron chi connectivity index (χ0n) is 24.3. The van der Waals surface area contributed by atoms with Crippen molar-refractivity contribution < 1.29 is 0 Å². The van der Waals surface area contributed by atoms with Gasteiger partial charge in [0.15, 0.2) is 0 Å². The fourth-order valence-corrected chi connectivity index (χ4v) is 7.46. The van der Waals surface area contributed by atoms with E-state index in [1.54, 1.807) is 0 Å². The van der Waals surface area contributed by atoms with Crippen LogP contribution in [0.25, 0.3) is 65.4 Å². The van der Waals surface area contributed by atoms with E-state index >= 15 is 0 Å². The van der Waals surface area contributed by atoms with E-state index < -0.39 is 0 Å². The van der Waals surface area contributed by atoms with Gasteiger partial charge in [-0.15, -0.1) is 0 Å². The van der Waals surface area contributed by atoms with Gasteiger partial charge in [-0.25, -0.2) is 0 Å². The van der Waals surface area contributed by atoms with Crippen LogP contribution in [0.1, 0.15) is 11.1 Å². The maximum Gasteiger partial charge on any atom is 0.00571 e. The summed E-state index contributed by atoms with van der Waals surface area (Å²) in [5, 5.41) is 10.3. The topological polar surface area (TPSA) is 0 Å². The number of allylic oxidation sites excluding steroid dienone is 8. The van der Waals surface area contributed by atoms with Gasteiger partial charge < -0.3 is 0 Å². The molecule has 0 nitrogen and oxygen atoms in total. The maximum atomic E-state index is 2.49. The van der Waals surface area contributed by atoms with Crippen molar-refractivity contribution in [3.8, 4) is 11.1 Å². The average Bonchev–Trinajstić information content (AvgIpc) is 3.09. The molecule has 7 aromatic rings. The van der Waals surface area contributed by atoms with Gasteiger partial charge in [0.05, 0.1) is 0 Å². The Morgan fingerprint density at radius 2 is 0.886 bits per heavy atom. The standard InChI is InChI=1S/C44H30/c1-2-12-31-27-35(24-20-29(31)10-1)43-39-15-5-7-17-41(39)44(42-18-8-6-16-40(42)43)36-25-22-32-26-34(23-21-33(32)28-36)38-19-9-13-30-11-3-4-14-37(30)38/h1-28,32-33H. The molecule has 7 aromatic carbocycles. The minimum atomic E-state index is 0.325. The van der Waals surface area contributed by atoms with Crippen LogP contribution in [0.3, 0.4) is 0 Å². The van der Waals surface area contributed by atoms with E-state index in [4.69, 9.17) is 0 Å². The minimum Gasteiger partial charge on any atom is -0.0761 e. The molecule has 0 aliphatic heterocycles. The van der Waals surface area contributed by atoms with Gasteiger partial charge in [0.25, 0.3) is 0 Å². The first-order valence-electron chi connectivity index (χ1n) is 15.5. The fourth-order valence-electron chi connectivity index (χ4n) is 7.46. The van der Waals surface area contributed by atoms with E-state index in [0.717, 1.165) is 0 Å². The van der Waals surface area contributed by atoms with Crippen LogP contribution < -0.4 is 0 Å². The minimum absolute atomic E-state index is 0.325. The highest BCUT2D eigenvalue weighted by atomic mass is 14.3. The van der Waals surface area contributed by atoms with Crippen LogP contribution in [-0.2, 0) is 0 Å². The molecule has 0 heterocycles. The van der Waals surface area contributed by atoms with Gasteiger partial charge in [0, 0.05) is 11.8 Å². The molecule has 0 spiro atoms. The normalized spacial score (nSPS) is 17.6. The monoisotopic (exact) mass is 558 g/mol. The third-order valence-electron chi connectivity index (χ3n) is 9.54. The first-order chi connectivity index (χ1) is 21.8. The lowest BCUT2D eigenvalue weighted by atomic mass is 9.77. The smallest absolute Gasteiger partial charge is 0.00571 e. The Labute approximate surface area is 257 Å². The number of rotatable bonds is 3. The van der Waals surface area contributed by atoms with Crippen LogP contribution in [-0.4, -0.2) is 0 Å². The lowest BCUT2D eigenvalue weighted by Crippen LogP contribution is -2.13. The highest BCUT2D eigenvalue weighted by Crippen LogP contribution is 2.45. The summed E-state index contributed by atoms with van der Waals surface area (Å²) < 4.78 is 0. The summed E-state index contributed by atoms with van der Waals surface area (Å²) in [5.74, 6) is 0.665. The molecular weight excluding hydrogens is 528 g/mol. The second-order valence-corrected chi connectivity index (χ2v) is 12.0. The Morgan fingerprint density at radius 3 is 1.59 bits per heavy atom. The first-order valence-corrected chi connectivity index (χ1v) is 15.5. The number of hydrogen-bond donors (Lipinski definition) is 0. The third kappa shape index (κ3) is 3.99. The van der Waals surface area contributed by atoms with E-state index in [0.29, 0.717) is 11.8 Å². The van der Waals surface area contributed by atoms with Gasteiger partial charge >= 0.3 is 0 Å². The number of fused-ring (bicyclic) bond motifs is 5. The molecule has 2 aliphatic rings. The van der Waals surface area contributed by atoms with Crippen LogP contribution >= 0.6 is 0 Å². The average molecular weight is 559 g/mol. The zero-order valence-corrected chi connectivity index (χ0v) is 24.3. The van der Waals surface area contributed by atoms with Crippen LogP contribution in [0.5, 0.6) is 0 Å². The Kier molecular flexibility index (Phi) is 5.74. The molecule has 2 aliphatic carbocycles. The highest BCUT2D eigenvalue weighted by molar-refractivity contribution is 6.20.